The standard InChI is InChI=1S/C14H17NO5/c16-9-10-6-7-11(15(18)19)14(8-10)20-13-5-3-1-2-4-12(13)17/h6-9,12-13,17H,1-5H2. The molecule has 0 heterocycles. The van der Waals surface area contributed by atoms with E-state index >= 15 is 0 Å². The number of rotatable bonds is 4. The van der Waals surface area contributed by atoms with Crippen molar-refractivity contribution in [3.63, 3.8) is 0 Å². The Bertz CT molecular complexity index is 502. The van der Waals surface area contributed by atoms with Gasteiger partial charge in [-0.15, -0.1) is 0 Å². The smallest absolute Gasteiger partial charge is 0.310 e. The average molecular weight is 279 g/mol. The van der Waals surface area contributed by atoms with Crippen LogP contribution in [0.1, 0.15) is 42.5 Å². The molecule has 1 saturated carbocycles. The van der Waals surface area contributed by atoms with Crippen molar-refractivity contribution >= 4 is 12.0 Å². The summed E-state index contributed by atoms with van der Waals surface area (Å²) in [4.78, 5) is 21.2. The van der Waals surface area contributed by atoms with Gasteiger partial charge in [0.15, 0.2) is 5.75 Å². The van der Waals surface area contributed by atoms with Gasteiger partial charge in [-0.1, -0.05) is 12.8 Å². The molecule has 2 unspecified atom stereocenters. The van der Waals surface area contributed by atoms with E-state index in [-0.39, 0.29) is 11.4 Å². The Morgan fingerprint density at radius 2 is 2.05 bits per heavy atom. The summed E-state index contributed by atoms with van der Waals surface area (Å²) in [6.07, 6.45) is 3.68. The Balaban J connectivity index is 2.25. The highest BCUT2D eigenvalue weighted by Crippen LogP contribution is 2.31. The third kappa shape index (κ3) is 3.33. The van der Waals surface area contributed by atoms with Gasteiger partial charge in [-0.25, -0.2) is 0 Å². The number of benzene rings is 1. The van der Waals surface area contributed by atoms with Gasteiger partial charge >= 0.3 is 5.69 Å². The van der Waals surface area contributed by atoms with Gasteiger partial charge in [-0.05, 0) is 31.4 Å². The summed E-state index contributed by atoms with van der Waals surface area (Å²) in [5.74, 6) is 0.0468. The van der Waals surface area contributed by atoms with Crippen LogP contribution in [-0.2, 0) is 0 Å². The average Bonchev–Trinajstić information content (AvgIpc) is 2.64. The number of hydrogen-bond acceptors (Lipinski definition) is 5. The molecule has 1 aromatic carbocycles. The fourth-order valence-corrected chi connectivity index (χ4v) is 2.40. The molecule has 0 amide bonds. The zero-order valence-corrected chi connectivity index (χ0v) is 11.0. The minimum atomic E-state index is -0.628. The quantitative estimate of drug-likeness (QED) is 0.396. The van der Waals surface area contributed by atoms with Crippen molar-refractivity contribution in [2.75, 3.05) is 0 Å². The molecule has 0 aliphatic heterocycles. The summed E-state index contributed by atoms with van der Waals surface area (Å²) in [5.41, 5.74) is 0.126. The highest BCUT2D eigenvalue weighted by atomic mass is 16.6. The first kappa shape index (κ1) is 14.5. The van der Waals surface area contributed by atoms with Gasteiger partial charge in [0.1, 0.15) is 12.4 Å². The molecule has 1 aliphatic carbocycles. The van der Waals surface area contributed by atoms with Gasteiger partial charge in [0.05, 0.1) is 11.0 Å². The molecular formula is C14H17NO5. The summed E-state index contributed by atoms with van der Waals surface area (Å²) in [5, 5.41) is 21.0. The number of carbonyl (C=O) groups excluding carboxylic acids is 1. The van der Waals surface area contributed by atoms with E-state index in [2.05, 4.69) is 0 Å². The topological polar surface area (TPSA) is 89.7 Å². The molecule has 1 fully saturated rings. The number of aliphatic hydroxyl groups excluding tert-OH is 1. The predicted molar refractivity (Wildman–Crippen MR) is 72.0 cm³/mol. The minimum Gasteiger partial charge on any atom is -0.481 e. The number of ether oxygens (including phenoxy) is 1. The lowest BCUT2D eigenvalue weighted by atomic mass is 10.1. The number of aldehydes is 1. The Morgan fingerprint density at radius 3 is 2.75 bits per heavy atom. The van der Waals surface area contributed by atoms with E-state index in [1.165, 1.54) is 18.2 Å². The second-order valence-electron chi connectivity index (χ2n) is 4.96. The van der Waals surface area contributed by atoms with Crippen LogP contribution in [0.2, 0.25) is 0 Å². The van der Waals surface area contributed by atoms with E-state index in [4.69, 9.17) is 4.74 Å². The molecule has 108 valence electrons. The molecule has 1 aromatic rings. The molecule has 6 heteroatoms. The molecule has 6 nitrogen and oxygen atoms in total. The van der Waals surface area contributed by atoms with Crippen LogP contribution in [-0.4, -0.2) is 28.5 Å². The van der Waals surface area contributed by atoms with E-state index < -0.39 is 17.1 Å². The van der Waals surface area contributed by atoms with Gasteiger partial charge in [-0.2, -0.15) is 0 Å². The highest BCUT2D eigenvalue weighted by molar-refractivity contribution is 5.76. The van der Waals surface area contributed by atoms with Crippen LogP contribution in [0.5, 0.6) is 5.75 Å². The van der Waals surface area contributed by atoms with Crippen molar-refractivity contribution in [2.24, 2.45) is 0 Å². The summed E-state index contributed by atoms with van der Waals surface area (Å²) in [6, 6.07) is 3.98. The van der Waals surface area contributed by atoms with Crippen LogP contribution >= 0.6 is 0 Å². The second-order valence-corrected chi connectivity index (χ2v) is 4.96. The third-order valence-corrected chi connectivity index (χ3v) is 3.51. The normalized spacial score (nSPS) is 22.9. The van der Waals surface area contributed by atoms with Gasteiger partial charge in [0, 0.05) is 11.6 Å². The van der Waals surface area contributed by atoms with Crippen LogP contribution in [0.25, 0.3) is 0 Å². The first-order valence-corrected chi connectivity index (χ1v) is 6.70. The largest absolute Gasteiger partial charge is 0.481 e. The predicted octanol–water partition coefficient (Wildman–Crippen LogP) is 2.48. The lowest BCUT2D eigenvalue weighted by molar-refractivity contribution is -0.386. The Morgan fingerprint density at radius 1 is 1.30 bits per heavy atom. The van der Waals surface area contributed by atoms with Crippen LogP contribution in [0, 0.1) is 10.1 Å². The first-order valence-electron chi connectivity index (χ1n) is 6.70. The maximum Gasteiger partial charge on any atom is 0.310 e. The SMILES string of the molecule is O=Cc1ccc([N+](=O)[O-])c(OC2CCCCCC2O)c1. The summed E-state index contributed by atoms with van der Waals surface area (Å²) >= 11 is 0. The van der Waals surface area contributed by atoms with Crippen LogP contribution in [0.4, 0.5) is 5.69 Å². The molecule has 0 radical (unpaired) electrons. The number of carbonyl (C=O) groups is 1. The fraction of sp³-hybridized carbons (Fsp3) is 0.500. The maximum absolute atomic E-state index is 11.0. The van der Waals surface area contributed by atoms with E-state index in [1.54, 1.807) is 0 Å². The molecule has 2 atom stereocenters. The summed E-state index contributed by atoms with van der Waals surface area (Å²) in [7, 11) is 0. The molecule has 0 aromatic heterocycles. The number of aliphatic hydroxyl groups is 1. The van der Waals surface area contributed by atoms with Crippen LogP contribution in [0.3, 0.4) is 0 Å². The summed E-state index contributed by atoms with van der Waals surface area (Å²) in [6.45, 7) is 0. The minimum absolute atomic E-state index is 0.0468. The van der Waals surface area contributed by atoms with Crippen molar-refractivity contribution in [3.8, 4) is 5.75 Å². The third-order valence-electron chi connectivity index (χ3n) is 3.51. The van der Waals surface area contributed by atoms with Gasteiger partial charge in [0.2, 0.25) is 0 Å². The monoisotopic (exact) mass is 279 g/mol. The lowest BCUT2D eigenvalue weighted by Gasteiger charge is -2.21. The van der Waals surface area contributed by atoms with E-state index in [0.29, 0.717) is 24.7 Å². The summed E-state index contributed by atoms with van der Waals surface area (Å²) < 4.78 is 5.63. The number of nitro groups is 1. The van der Waals surface area contributed by atoms with Crippen LogP contribution in [0.15, 0.2) is 18.2 Å². The van der Waals surface area contributed by atoms with Gasteiger partial charge in [0.25, 0.3) is 0 Å². The van der Waals surface area contributed by atoms with Crippen molar-refractivity contribution < 1.29 is 19.6 Å². The molecule has 2 rings (SSSR count). The number of hydrogen-bond donors (Lipinski definition) is 1. The number of nitrogens with zero attached hydrogens (tertiary/aromatic N) is 1. The van der Waals surface area contributed by atoms with Crippen molar-refractivity contribution in [3.05, 3.63) is 33.9 Å². The zero-order valence-electron chi connectivity index (χ0n) is 11.0. The molecule has 0 saturated heterocycles. The Kier molecular flexibility index (Phi) is 4.68. The molecule has 20 heavy (non-hydrogen) atoms. The Labute approximate surface area is 116 Å². The van der Waals surface area contributed by atoms with Gasteiger partial charge < -0.3 is 9.84 Å². The molecule has 1 aliphatic rings. The van der Waals surface area contributed by atoms with E-state index in [1.807, 2.05) is 0 Å². The highest BCUT2D eigenvalue weighted by Gasteiger charge is 2.26. The van der Waals surface area contributed by atoms with Gasteiger partial charge in [-0.3, -0.25) is 14.9 Å². The molecule has 0 bridgehead atoms. The molecule has 0 spiro atoms. The van der Waals surface area contributed by atoms with Crippen molar-refractivity contribution in [1.82, 2.24) is 0 Å². The zero-order chi connectivity index (χ0) is 14.5. The molecular weight excluding hydrogens is 262 g/mol. The maximum atomic E-state index is 11.0. The first-order chi connectivity index (χ1) is 9.61. The molecule has 1 N–H and O–H groups in total. The van der Waals surface area contributed by atoms with Crippen LogP contribution < -0.4 is 4.74 Å². The van der Waals surface area contributed by atoms with Crippen molar-refractivity contribution in [1.29, 1.82) is 0 Å². The van der Waals surface area contributed by atoms with Crippen molar-refractivity contribution in [2.45, 2.75) is 44.3 Å². The fourth-order valence-electron chi connectivity index (χ4n) is 2.40. The van der Waals surface area contributed by atoms with E-state index in [0.717, 1.165) is 19.3 Å². The lowest BCUT2D eigenvalue weighted by Crippen LogP contribution is -2.30. The Hall–Kier alpha value is -1.95. The van der Waals surface area contributed by atoms with E-state index in [9.17, 15) is 20.0 Å². The number of nitro benzene ring substituents is 1. The second kappa shape index (κ2) is 6.47.